The molecule has 1 N–H and O–H groups in total. The maximum absolute atomic E-state index is 12.2. The zero-order valence-corrected chi connectivity index (χ0v) is 16.9. The Kier molecular flexibility index (Phi) is 9.13. The summed E-state index contributed by atoms with van der Waals surface area (Å²) >= 11 is 0. The van der Waals surface area contributed by atoms with E-state index in [9.17, 15) is 4.79 Å². The van der Waals surface area contributed by atoms with E-state index in [2.05, 4.69) is 12.2 Å². The number of hydrogen-bond acceptors (Lipinski definition) is 5. The van der Waals surface area contributed by atoms with Gasteiger partial charge >= 0.3 is 0 Å². The molecule has 1 aliphatic rings. The summed E-state index contributed by atoms with van der Waals surface area (Å²) in [6.45, 7) is 8.26. The first-order chi connectivity index (χ1) is 12.0. The second-order valence-electron chi connectivity index (χ2n) is 6.65. The topological polar surface area (TPSA) is 56.8 Å². The minimum atomic E-state index is -0.274. The van der Waals surface area contributed by atoms with Gasteiger partial charge in [0.1, 0.15) is 0 Å². The minimum Gasteiger partial charge on any atom is -0.493 e. The lowest BCUT2D eigenvalue weighted by molar-refractivity contribution is -0.121. The number of hydrogen-bond donors (Lipinski definition) is 1. The van der Waals surface area contributed by atoms with E-state index in [1.165, 1.54) is 0 Å². The molecule has 2 rings (SSSR count). The molecule has 0 spiro atoms. The van der Waals surface area contributed by atoms with Gasteiger partial charge in [-0.3, -0.25) is 4.79 Å². The third kappa shape index (κ3) is 6.63. The van der Waals surface area contributed by atoms with Crippen molar-refractivity contribution < 1.29 is 19.0 Å². The zero-order chi connectivity index (χ0) is 18.3. The first kappa shape index (κ1) is 22.5. The van der Waals surface area contributed by atoms with Crippen LogP contribution in [-0.4, -0.2) is 44.3 Å². The number of benzene rings is 1. The molecule has 1 heterocycles. The van der Waals surface area contributed by atoms with Gasteiger partial charge in [0.15, 0.2) is 17.3 Å². The van der Waals surface area contributed by atoms with Crippen LogP contribution in [0.4, 0.5) is 0 Å². The second kappa shape index (κ2) is 10.6. The van der Waals surface area contributed by atoms with Crippen LogP contribution in [-0.2, 0) is 9.53 Å². The average molecular weight is 384 g/mol. The molecule has 1 aliphatic heterocycles. The molecule has 26 heavy (non-hydrogen) atoms. The molecular weight excluding hydrogens is 354 g/mol. The first-order valence-electron chi connectivity index (χ1n) is 8.86. The standard InChI is InChI=1S/C20H29NO4.ClH/c1-5-24-18-9-7-16(12-19(18)23-4)6-8-17(22)10-11-20(3)14-21-13-15(2)25-20;/h6-9,12,15,21H,5,10-11,13-14H2,1-4H3;1H/b8-6+;. The normalized spacial score (nSPS) is 22.7. The fraction of sp³-hybridized carbons (Fsp3) is 0.550. The SMILES string of the molecule is CCOc1ccc(/C=C/C(=O)CCC2(C)CNCC(C)O2)cc1OC.Cl. The van der Waals surface area contributed by atoms with Gasteiger partial charge in [0.05, 0.1) is 25.4 Å². The fourth-order valence-electron chi connectivity index (χ4n) is 2.98. The van der Waals surface area contributed by atoms with Gasteiger partial charge in [-0.25, -0.2) is 0 Å². The van der Waals surface area contributed by atoms with E-state index >= 15 is 0 Å². The van der Waals surface area contributed by atoms with Crippen LogP contribution in [0.25, 0.3) is 6.08 Å². The van der Waals surface area contributed by atoms with Crippen molar-refractivity contribution in [2.75, 3.05) is 26.8 Å². The van der Waals surface area contributed by atoms with E-state index in [0.29, 0.717) is 30.9 Å². The lowest BCUT2D eigenvalue weighted by Crippen LogP contribution is -2.51. The highest BCUT2D eigenvalue weighted by atomic mass is 35.5. The highest BCUT2D eigenvalue weighted by Gasteiger charge is 2.31. The van der Waals surface area contributed by atoms with Crippen LogP contribution in [0.15, 0.2) is 24.3 Å². The highest BCUT2D eigenvalue weighted by molar-refractivity contribution is 5.93. The Balaban J connectivity index is 0.00000338. The number of carbonyl (C=O) groups excluding carboxylic acids is 1. The van der Waals surface area contributed by atoms with Crippen LogP contribution in [0.3, 0.4) is 0 Å². The van der Waals surface area contributed by atoms with Gasteiger partial charge in [0.2, 0.25) is 0 Å². The van der Waals surface area contributed by atoms with Crippen LogP contribution >= 0.6 is 12.4 Å². The van der Waals surface area contributed by atoms with E-state index in [-0.39, 0.29) is 29.9 Å². The molecule has 0 saturated carbocycles. The molecule has 5 nitrogen and oxygen atoms in total. The molecule has 1 aromatic rings. The van der Waals surface area contributed by atoms with Crippen molar-refractivity contribution in [3.8, 4) is 11.5 Å². The summed E-state index contributed by atoms with van der Waals surface area (Å²) in [6.07, 6.45) is 4.79. The van der Waals surface area contributed by atoms with Crippen LogP contribution in [0.5, 0.6) is 11.5 Å². The Morgan fingerprint density at radius 2 is 2.19 bits per heavy atom. The summed E-state index contributed by atoms with van der Waals surface area (Å²) < 4.78 is 16.8. The predicted molar refractivity (Wildman–Crippen MR) is 107 cm³/mol. The molecule has 1 fully saturated rings. The molecule has 146 valence electrons. The maximum atomic E-state index is 12.2. The molecule has 6 heteroatoms. The van der Waals surface area contributed by atoms with Gasteiger partial charge in [-0.2, -0.15) is 0 Å². The number of nitrogens with one attached hydrogen (secondary N) is 1. The van der Waals surface area contributed by atoms with E-state index < -0.39 is 0 Å². The molecule has 0 amide bonds. The smallest absolute Gasteiger partial charge is 0.161 e. The monoisotopic (exact) mass is 383 g/mol. The van der Waals surface area contributed by atoms with Gasteiger partial charge in [0.25, 0.3) is 0 Å². The fourth-order valence-corrected chi connectivity index (χ4v) is 2.98. The number of methoxy groups -OCH3 is 1. The van der Waals surface area contributed by atoms with Crippen molar-refractivity contribution in [1.29, 1.82) is 0 Å². The minimum absolute atomic E-state index is 0. The zero-order valence-electron chi connectivity index (χ0n) is 16.0. The van der Waals surface area contributed by atoms with Crippen molar-refractivity contribution in [1.82, 2.24) is 5.32 Å². The summed E-state index contributed by atoms with van der Waals surface area (Å²) in [4.78, 5) is 12.2. The third-order valence-corrected chi connectivity index (χ3v) is 4.27. The van der Waals surface area contributed by atoms with Crippen LogP contribution in [0.1, 0.15) is 39.2 Å². The molecule has 1 saturated heterocycles. The van der Waals surface area contributed by atoms with Gasteiger partial charge in [0, 0.05) is 19.5 Å². The Hall–Kier alpha value is -1.56. The van der Waals surface area contributed by atoms with E-state index in [1.807, 2.05) is 38.1 Å². The number of allylic oxidation sites excluding steroid dienone is 1. The highest BCUT2D eigenvalue weighted by Crippen LogP contribution is 2.28. The molecular formula is C20H30ClNO4. The Morgan fingerprint density at radius 3 is 2.85 bits per heavy atom. The van der Waals surface area contributed by atoms with Crippen LogP contribution < -0.4 is 14.8 Å². The first-order valence-corrected chi connectivity index (χ1v) is 8.86. The molecule has 1 aromatic carbocycles. The van der Waals surface area contributed by atoms with Gasteiger partial charge in [-0.15, -0.1) is 12.4 Å². The number of rotatable bonds is 8. The van der Waals surface area contributed by atoms with E-state index in [0.717, 1.165) is 18.7 Å². The van der Waals surface area contributed by atoms with Gasteiger partial charge in [-0.05, 0) is 51.0 Å². The number of ether oxygens (including phenoxy) is 3. The molecule has 0 bridgehead atoms. The lowest BCUT2D eigenvalue weighted by atomic mass is 9.96. The van der Waals surface area contributed by atoms with Crippen LogP contribution in [0, 0.1) is 0 Å². The number of halogens is 1. The van der Waals surface area contributed by atoms with Gasteiger partial charge < -0.3 is 19.5 Å². The van der Waals surface area contributed by atoms with Crippen molar-refractivity contribution in [3.63, 3.8) is 0 Å². The molecule has 0 aromatic heterocycles. The Bertz CT molecular complexity index is 620. The maximum Gasteiger partial charge on any atom is 0.161 e. The molecule has 0 radical (unpaired) electrons. The molecule has 0 aliphatic carbocycles. The Labute approximate surface area is 162 Å². The third-order valence-electron chi connectivity index (χ3n) is 4.27. The van der Waals surface area contributed by atoms with E-state index in [4.69, 9.17) is 14.2 Å². The summed E-state index contributed by atoms with van der Waals surface area (Å²) in [6, 6.07) is 5.64. The lowest BCUT2D eigenvalue weighted by Gasteiger charge is -2.38. The van der Waals surface area contributed by atoms with Crippen LogP contribution in [0.2, 0.25) is 0 Å². The second-order valence-corrected chi connectivity index (χ2v) is 6.65. The predicted octanol–water partition coefficient (Wildman–Crippen LogP) is 3.65. The number of morpholine rings is 1. The van der Waals surface area contributed by atoms with Crippen molar-refractivity contribution in [2.24, 2.45) is 0 Å². The number of ketones is 1. The molecule has 2 atom stereocenters. The van der Waals surface area contributed by atoms with Crippen molar-refractivity contribution in [3.05, 3.63) is 29.8 Å². The van der Waals surface area contributed by atoms with E-state index in [1.54, 1.807) is 13.2 Å². The molecule has 2 unspecified atom stereocenters. The van der Waals surface area contributed by atoms with Crippen molar-refractivity contribution in [2.45, 2.75) is 45.3 Å². The summed E-state index contributed by atoms with van der Waals surface area (Å²) in [5.41, 5.74) is 0.632. The summed E-state index contributed by atoms with van der Waals surface area (Å²) in [7, 11) is 1.61. The quantitative estimate of drug-likeness (QED) is 0.694. The number of carbonyl (C=O) groups is 1. The van der Waals surface area contributed by atoms with Crippen molar-refractivity contribution >= 4 is 24.3 Å². The summed E-state index contributed by atoms with van der Waals surface area (Å²) in [5, 5.41) is 3.35. The summed E-state index contributed by atoms with van der Waals surface area (Å²) in [5.74, 6) is 1.47. The Morgan fingerprint density at radius 1 is 1.42 bits per heavy atom. The average Bonchev–Trinajstić information content (AvgIpc) is 2.59. The van der Waals surface area contributed by atoms with Gasteiger partial charge in [-0.1, -0.05) is 12.1 Å². The largest absolute Gasteiger partial charge is 0.493 e.